The second kappa shape index (κ2) is 8.78. The van der Waals surface area contributed by atoms with E-state index in [1.165, 1.54) is 12.3 Å². The number of piperazine rings is 1. The molecule has 3 heterocycles. The lowest BCUT2D eigenvalue weighted by atomic mass is 9.85. The molecule has 4 rings (SSSR count). The third-order valence-electron chi connectivity index (χ3n) is 5.94. The van der Waals surface area contributed by atoms with Crippen LogP contribution in [0.25, 0.3) is 0 Å². The summed E-state index contributed by atoms with van der Waals surface area (Å²) in [4.78, 5) is 32.0. The quantitative estimate of drug-likeness (QED) is 0.736. The molecule has 0 spiro atoms. The molecule has 2 aromatic rings. The number of nitrogens with one attached hydrogen (secondary N) is 2. The van der Waals surface area contributed by atoms with E-state index in [9.17, 15) is 22.8 Å². The van der Waals surface area contributed by atoms with Gasteiger partial charge < -0.3 is 15.5 Å². The Morgan fingerprint density at radius 1 is 1.16 bits per heavy atom. The maximum atomic E-state index is 14.1. The Kier molecular flexibility index (Phi) is 6.05. The fraction of sp³-hybridized carbons (Fsp3) is 0.409. The minimum absolute atomic E-state index is 0.121. The molecule has 10 heteroatoms. The number of alkyl halides is 3. The summed E-state index contributed by atoms with van der Waals surface area (Å²) in [5, 5.41) is 5.12. The molecule has 0 radical (unpaired) electrons. The minimum Gasteiger partial charge on any atom is -0.353 e. The Morgan fingerprint density at radius 2 is 1.94 bits per heavy atom. The zero-order chi connectivity index (χ0) is 22.8. The number of carbonyl (C=O) groups is 2. The molecule has 7 nitrogen and oxygen atoms in total. The monoisotopic (exact) mass is 447 g/mol. The number of carbonyl (C=O) groups excluding carboxylic acids is 2. The van der Waals surface area contributed by atoms with Crippen molar-refractivity contribution in [1.82, 2.24) is 15.2 Å². The van der Waals surface area contributed by atoms with Crippen LogP contribution in [0.15, 0.2) is 48.7 Å². The first-order valence-electron chi connectivity index (χ1n) is 10.4. The summed E-state index contributed by atoms with van der Waals surface area (Å²) in [5.41, 5.74) is -1.40. The molecule has 2 aliphatic rings. The highest BCUT2D eigenvalue weighted by molar-refractivity contribution is 5.96. The van der Waals surface area contributed by atoms with Crippen LogP contribution in [0.2, 0.25) is 0 Å². The molecule has 2 amide bonds. The van der Waals surface area contributed by atoms with E-state index in [2.05, 4.69) is 15.6 Å². The number of pyridine rings is 1. The molecule has 170 valence electrons. The predicted molar refractivity (Wildman–Crippen MR) is 113 cm³/mol. The summed E-state index contributed by atoms with van der Waals surface area (Å²) in [6, 6.07) is 12.3. The topological polar surface area (TPSA) is 77.6 Å². The summed E-state index contributed by atoms with van der Waals surface area (Å²) >= 11 is 0. The van der Waals surface area contributed by atoms with E-state index in [-0.39, 0.29) is 31.1 Å². The summed E-state index contributed by atoms with van der Waals surface area (Å²) in [7, 11) is 0. The lowest BCUT2D eigenvalue weighted by molar-refractivity contribution is -0.215. The summed E-state index contributed by atoms with van der Waals surface area (Å²) in [5.74, 6) is -0.672. The van der Waals surface area contributed by atoms with E-state index in [1.807, 2.05) is 30.3 Å². The molecule has 0 bridgehead atoms. The van der Waals surface area contributed by atoms with Crippen LogP contribution >= 0.6 is 0 Å². The van der Waals surface area contributed by atoms with Crippen LogP contribution in [0.1, 0.15) is 12.0 Å². The van der Waals surface area contributed by atoms with Gasteiger partial charge >= 0.3 is 6.18 Å². The first-order chi connectivity index (χ1) is 15.3. The predicted octanol–water partition coefficient (Wildman–Crippen LogP) is 2.41. The fourth-order valence-corrected chi connectivity index (χ4v) is 4.14. The summed E-state index contributed by atoms with van der Waals surface area (Å²) in [6.45, 7) is 1.37. The van der Waals surface area contributed by atoms with Gasteiger partial charge in [0, 0.05) is 26.2 Å². The van der Waals surface area contributed by atoms with Crippen molar-refractivity contribution in [3.05, 3.63) is 54.2 Å². The number of benzene rings is 1. The summed E-state index contributed by atoms with van der Waals surface area (Å²) in [6.07, 6.45) is -3.67. The van der Waals surface area contributed by atoms with E-state index in [0.29, 0.717) is 25.5 Å². The average Bonchev–Trinajstić information content (AvgIpc) is 3.20. The highest BCUT2D eigenvalue weighted by atomic mass is 19.4. The number of halogens is 3. The van der Waals surface area contributed by atoms with Crippen molar-refractivity contribution in [2.75, 3.05) is 42.9 Å². The highest BCUT2D eigenvalue weighted by Crippen LogP contribution is 2.46. The van der Waals surface area contributed by atoms with E-state index >= 15 is 0 Å². The van der Waals surface area contributed by atoms with Crippen molar-refractivity contribution in [3.8, 4) is 0 Å². The molecule has 2 aliphatic heterocycles. The third-order valence-corrected chi connectivity index (χ3v) is 5.94. The van der Waals surface area contributed by atoms with Gasteiger partial charge in [-0.15, -0.1) is 0 Å². The fourth-order valence-electron chi connectivity index (χ4n) is 4.14. The Hall–Kier alpha value is -3.14. The van der Waals surface area contributed by atoms with Crippen LogP contribution in [-0.4, -0.2) is 60.6 Å². The van der Waals surface area contributed by atoms with E-state index in [4.69, 9.17) is 0 Å². The Morgan fingerprint density at radius 3 is 2.59 bits per heavy atom. The number of hydrogen-bond donors (Lipinski definition) is 2. The molecule has 0 aliphatic carbocycles. The van der Waals surface area contributed by atoms with Crippen molar-refractivity contribution in [1.29, 1.82) is 0 Å². The SMILES string of the molecule is O=C1CN(c2ccc(NC(=O)C3(C(F)(F)F)CCN(Cc4ccccc4)C3)cn2)CCN1. The molecule has 1 aromatic heterocycles. The van der Waals surface area contributed by atoms with Crippen LogP contribution in [0.3, 0.4) is 0 Å². The lowest BCUT2D eigenvalue weighted by Gasteiger charge is -2.31. The highest BCUT2D eigenvalue weighted by Gasteiger charge is 2.63. The van der Waals surface area contributed by atoms with Gasteiger partial charge in [-0.2, -0.15) is 13.2 Å². The molecule has 1 aromatic carbocycles. The number of likely N-dealkylation sites (tertiary alicyclic amines) is 1. The van der Waals surface area contributed by atoms with Gasteiger partial charge in [0.25, 0.3) is 0 Å². The Bertz CT molecular complexity index is 968. The first kappa shape index (κ1) is 22.1. The van der Waals surface area contributed by atoms with Crippen LogP contribution in [0.4, 0.5) is 24.7 Å². The van der Waals surface area contributed by atoms with Gasteiger partial charge in [-0.05, 0) is 30.7 Å². The second-order valence-corrected chi connectivity index (χ2v) is 8.16. The summed E-state index contributed by atoms with van der Waals surface area (Å²) < 4.78 is 42.2. The van der Waals surface area contributed by atoms with Gasteiger partial charge in [-0.25, -0.2) is 4.98 Å². The Labute approximate surface area is 183 Å². The van der Waals surface area contributed by atoms with Gasteiger partial charge in [-0.3, -0.25) is 14.5 Å². The third kappa shape index (κ3) is 4.55. The van der Waals surface area contributed by atoms with E-state index in [0.717, 1.165) is 5.56 Å². The number of amides is 2. The van der Waals surface area contributed by atoms with E-state index < -0.39 is 24.0 Å². The molecule has 1 atom stereocenters. The molecule has 1 unspecified atom stereocenters. The maximum Gasteiger partial charge on any atom is 0.404 e. The number of rotatable bonds is 5. The zero-order valence-corrected chi connectivity index (χ0v) is 17.4. The van der Waals surface area contributed by atoms with Gasteiger partial charge in [0.1, 0.15) is 5.82 Å². The molecule has 32 heavy (non-hydrogen) atoms. The van der Waals surface area contributed by atoms with Crippen molar-refractivity contribution >= 4 is 23.3 Å². The zero-order valence-electron chi connectivity index (χ0n) is 17.4. The van der Waals surface area contributed by atoms with Crippen LogP contribution in [0.5, 0.6) is 0 Å². The first-order valence-corrected chi connectivity index (χ1v) is 10.4. The van der Waals surface area contributed by atoms with Crippen molar-refractivity contribution in [2.45, 2.75) is 19.1 Å². The van der Waals surface area contributed by atoms with Crippen LogP contribution < -0.4 is 15.5 Å². The largest absolute Gasteiger partial charge is 0.404 e. The second-order valence-electron chi connectivity index (χ2n) is 8.16. The van der Waals surface area contributed by atoms with E-state index in [1.54, 1.807) is 15.9 Å². The average molecular weight is 447 g/mol. The smallest absolute Gasteiger partial charge is 0.353 e. The van der Waals surface area contributed by atoms with Gasteiger partial charge in [0.2, 0.25) is 11.8 Å². The van der Waals surface area contributed by atoms with Crippen LogP contribution in [-0.2, 0) is 16.1 Å². The van der Waals surface area contributed by atoms with Crippen LogP contribution in [0, 0.1) is 5.41 Å². The number of nitrogens with zero attached hydrogens (tertiary/aromatic N) is 3. The minimum atomic E-state index is -4.68. The molecular weight excluding hydrogens is 423 g/mol. The number of aromatic nitrogens is 1. The molecule has 2 fully saturated rings. The molecule has 2 N–H and O–H groups in total. The normalized spacial score (nSPS) is 22.0. The van der Waals surface area contributed by atoms with Crippen molar-refractivity contribution in [3.63, 3.8) is 0 Å². The Balaban J connectivity index is 1.45. The molecule has 2 saturated heterocycles. The lowest BCUT2D eigenvalue weighted by Crippen LogP contribution is -2.50. The maximum absolute atomic E-state index is 14.1. The van der Waals surface area contributed by atoms with Crippen molar-refractivity contribution < 1.29 is 22.8 Å². The number of hydrogen-bond acceptors (Lipinski definition) is 5. The standard InChI is InChI=1S/C22H24F3N5O2/c23-22(24,25)21(8-10-29(15-21)13-16-4-2-1-3-5-16)20(32)28-17-6-7-18(27-12-17)30-11-9-26-19(31)14-30/h1-7,12H,8-11,13-15H2,(H,26,31)(H,28,32). The van der Waals surface area contributed by atoms with Gasteiger partial charge in [-0.1, -0.05) is 30.3 Å². The van der Waals surface area contributed by atoms with Gasteiger partial charge in [0.05, 0.1) is 18.4 Å². The van der Waals surface area contributed by atoms with Crippen molar-refractivity contribution in [2.24, 2.45) is 5.41 Å². The number of anilines is 2. The van der Waals surface area contributed by atoms with Gasteiger partial charge in [0.15, 0.2) is 5.41 Å². The molecular formula is C22H24F3N5O2. The molecule has 0 saturated carbocycles.